The molecule has 4 saturated carbocycles. The van der Waals surface area contributed by atoms with Crippen LogP contribution in [0.1, 0.15) is 97.0 Å². The molecule has 5 aromatic rings. The average Bonchev–Trinajstić information content (AvgIpc) is 3.80. The van der Waals surface area contributed by atoms with Gasteiger partial charge in [0, 0.05) is 55.1 Å². The molecule has 3 unspecified atom stereocenters. The average molecular weight is 875 g/mol. The number of para-hydroxylation sites is 1. The predicted molar refractivity (Wildman–Crippen MR) is 243 cm³/mol. The first-order valence-corrected chi connectivity index (χ1v) is 22.9. The normalized spacial score (nSPS) is 25.3. The Balaban J connectivity index is 0.903. The Hall–Kier alpha value is -5.22. The number of pyridine rings is 1. The zero-order chi connectivity index (χ0) is 44.3. The number of esters is 1. The van der Waals surface area contributed by atoms with E-state index >= 15 is 0 Å². The number of carboxylic acid groups (broad SMARTS) is 1. The van der Waals surface area contributed by atoms with Gasteiger partial charge in [0.15, 0.2) is 10.8 Å². The molecule has 15 heteroatoms. The number of ether oxygens (including phenoxy) is 2. The Kier molecular flexibility index (Phi) is 11.2. The van der Waals surface area contributed by atoms with Crippen molar-refractivity contribution in [3.8, 4) is 11.1 Å². The number of nitrogens with zero attached hydrogens (tertiary/aromatic N) is 6. The van der Waals surface area contributed by atoms with Crippen LogP contribution < -0.4 is 16.0 Å². The van der Waals surface area contributed by atoms with Crippen molar-refractivity contribution in [2.75, 3.05) is 50.1 Å². The lowest BCUT2D eigenvalue weighted by atomic mass is 9.39. The van der Waals surface area contributed by atoms with Crippen LogP contribution in [-0.2, 0) is 33.8 Å². The van der Waals surface area contributed by atoms with E-state index in [1.807, 2.05) is 73.5 Å². The second kappa shape index (κ2) is 16.4. The zero-order valence-corrected chi connectivity index (χ0v) is 37.7. The van der Waals surface area contributed by atoms with Gasteiger partial charge in [0.1, 0.15) is 18.5 Å². The van der Waals surface area contributed by atoms with E-state index in [1.54, 1.807) is 13.1 Å². The van der Waals surface area contributed by atoms with Crippen LogP contribution in [0, 0.1) is 23.2 Å². The highest BCUT2D eigenvalue weighted by atomic mass is 32.1. The molecule has 332 valence electrons. The topological polar surface area (TPSA) is 178 Å². The van der Waals surface area contributed by atoms with Gasteiger partial charge >= 0.3 is 11.9 Å². The van der Waals surface area contributed by atoms with Gasteiger partial charge < -0.3 is 30.1 Å². The van der Waals surface area contributed by atoms with Crippen molar-refractivity contribution in [2.45, 2.75) is 97.4 Å². The molecule has 0 saturated heterocycles. The molecule has 14 nitrogen and oxygen atoms in total. The van der Waals surface area contributed by atoms with Crippen molar-refractivity contribution in [3.63, 3.8) is 0 Å². The molecule has 4 N–H and O–H groups in total. The Morgan fingerprint density at radius 1 is 0.952 bits per heavy atom. The highest BCUT2D eigenvalue weighted by Gasteiger charge is 2.66. The monoisotopic (exact) mass is 874 g/mol. The van der Waals surface area contributed by atoms with Crippen LogP contribution in [0.5, 0.6) is 0 Å². The molecule has 4 fully saturated rings. The number of nitrogens with one attached hydrogen (secondary N) is 1. The van der Waals surface area contributed by atoms with E-state index in [0.717, 1.165) is 77.8 Å². The number of amides is 1. The molecular weight excluding hydrogens is 817 g/mol. The molecule has 63 heavy (non-hydrogen) atoms. The minimum atomic E-state index is -1.11. The zero-order valence-electron chi connectivity index (χ0n) is 36.9. The van der Waals surface area contributed by atoms with Gasteiger partial charge in [0.25, 0.3) is 5.91 Å². The quantitative estimate of drug-likeness (QED) is 0.0894. The molecule has 2 aromatic carbocycles. The van der Waals surface area contributed by atoms with Crippen LogP contribution >= 0.6 is 11.3 Å². The van der Waals surface area contributed by atoms with E-state index in [9.17, 15) is 19.5 Å². The third-order valence-electron chi connectivity index (χ3n) is 13.9. The number of aromatic carboxylic acids is 1. The fourth-order valence-electron chi connectivity index (χ4n) is 12.4. The number of thiazole rings is 1. The molecule has 0 spiro atoms. The summed E-state index contributed by atoms with van der Waals surface area (Å²) in [7, 11) is 2.01. The van der Waals surface area contributed by atoms with Gasteiger partial charge in [0.2, 0.25) is 0 Å². The largest absolute Gasteiger partial charge is 0.476 e. The molecular formula is C48H58N8O6S. The lowest BCUT2D eigenvalue weighted by molar-refractivity contribution is -0.248. The van der Waals surface area contributed by atoms with Crippen LogP contribution in [0.4, 0.5) is 10.9 Å². The number of anilines is 2. The molecule has 3 atom stereocenters. The van der Waals surface area contributed by atoms with Crippen LogP contribution in [0.15, 0.2) is 60.8 Å². The van der Waals surface area contributed by atoms with Gasteiger partial charge in [-0.2, -0.15) is 5.10 Å². The summed E-state index contributed by atoms with van der Waals surface area (Å²) in [5.41, 5.74) is 11.3. The van der Waals surface area contributed by atoms with Crippen molar-refractivity contribution >= 4 is 50.3 Å². The summed E-state index contributed by atoms with van der Waals surface area (Å²) < 4.78 is 15.3. The standard InChI is InChI=1S/C48H58N8O6S/c1-30(49)43(60)61-19-17-54(5)18-20-62-48-26-45(3)23-46(4,27-48)25-47(24-45,28-48)29-56-31(2)35(21-50-56)33-13-14-39(52-40(33)42(58)59)55-16-15-32-9-8-10-34(36(32)22-55)41(57)53-44-51-37-11-6-7-12-38(37)63-44/h6-14,21,30H,15-20,22-29,49H2,1-5H3,(H,58,59)(H,51,53,57). The predicted octanol–water partition coefficient (Wildman–Crippen LogP) is 7.33. The minimum Gasteiger partial charge on any atom is -0.476 e. The molecule has 4 heterocycles. The molecule has 4 bridgehead atoms. The van der Waals surface area contributed by atoms with E-state index in [-0.39, 0.29) is 33.4 Å². The van der Waals surface area contributed by atoms with Gasteiger partial charge in [-0.05, 0) is 124 Å². The fourth-order valence-corrected chi connectivity index (χ4v) is 13.2. The summed E-state index contributed by atoms with van der Waals surface area (Å²) in [6, 6.07) is 16.7. The Morgan fingerprint density at radius 2 is 1.71 bits per heavy atom. The summed E-state index contributed by atoms with van der Waals surface area (Å²) in [5.74, 6) is -1.18. The first-order valence-electron chi connectivity index (χ1n) is 22.1. The maximum atomic E-state index is 13.7. The van der Waals surface area contributed by atoms with E-state index < -0.39 is 18.0 Å². The molecule has 1 amide bonds. The van der Waals surface area contributed by atoms with Crippen LogP contribution in [0.25, 0.3) is 21.3 Å². The lowest BCUT2D eigenvalue weighted by Gasteiger charge is -2.69. The number of likely N-dealkylation sites (N-methyl/N-ethyl adjacent to an activating group) is 1. The van der Waals surface area contributed by atoms with Crippen molar-refractivity contribution in [1.29, 1.82) is 0 Å². The summed E-state index contributed by atoms with van der Waals surface area (Å²) in [6.07, 6.45) is 8.89. The third kappa shape index (κ3) is 8.60. The first-order chi connectivity index (χ1) is 30.0. The summed E-state index contributed by atoms with van der Waals surface area (Å²) in [5, 5.41) is 19.1. The molecule has 3 aromatic heterocycles. The van der Waals surface area contributed by atoms with Gasteiger partial charge in [-0.1, -0.05) is 49.4 Å². The SMILES string of the molecule is Cc1c(-c2ccc(N3CCc4cccc(C(=O)Nc5nc6ccccc6s5)c4C3)nc2C(=O)O)cnn1CC12CC3(C)CC(C)(C1)CC(OCCN(C)CCOC(=O)C(C)N)(C3)C2. The maximum absolute atomic E-state index is 13.7. The number of benzene rings is 2. The highest BCUT2D eigenvalue weighted by Crippen LogP contribution is 2.72. The van der Waals surface area contributed by atoms with Crippen LogP contribution in [0.2, 0.25) is 0 Å². The number of fused-ring (bicyclic) bond motifs is 2. The van der Waals surface area contributed by atoms with E-state index in [4.69, 9.17) is 25.3 Å². The smallest absolute Gasteiger partial charge is 0.355 e. The van der Waals surface area contributed by atoms with E-state index in [0.29, 0.717) is 61.3 Å². The molecule has 0 radical (unpaired) electrons. The number of hydrogen-bond acceptors (Lipinski definition) is 12. The second-order valence-electron chi connectivity index (χ2n) is 19.7. The first kappa shape index (κ1) is 43.1. The lowest BCUT2D eigenvalue weighted by Crippen LogP contribution is -2.64. The molecule has 4 aliphatic carbocycles. The summed E-state index contributed by atoms with van der Waals surface area (Å²) in [6.45, 7) is 12.5. The number of carboxylic acids is 1. The van der Waals surface area contributed by atoms with Gasteiger partial charge in [0.05, 0.1) is 28.6 Å². The number of rotatable bonds is 15. The van der Waals surface area contributed by atoms with Gasteiger partial charge in [-0.25, -0.2) is 14.8 Å². The Labute approximate surface area is 372 Å². The molecule has 5 aliphatic rings. The maximum Gasteiger partial charge on any atom is 0.355 e. The third-order valence-corrected chi connectivity index (χ3v) is 14.9. The minimum absolute atomic E-state index is 0.0161. The number of carbonyl (C=O) groups is 3. The number of nitrogens with two attached hydrogens (primary N) is 1. The summed E-state index contributed by atoms with van der Waals surface area (Å²) >= 11 is 1.44. The van der Waals surface area contributed by atoms with E-state index in [1.165, 1.54) is 17.8 Å². The van der Waals surface area contributed by atoms with Crippen molar-refractivity contribution in [2.24, 2.45) is 22.0 Å². The fraction of sp³-hybridized carbons (Fsp3) is 0.500. The molecule has 10 rings (SSSR count). The Morgan fingerprint density at radius 3 is 2.46 bits per heavy atom. The second-order valence-corrected chi connectivity index (χ2v) is 20.7. The number of aromatic nitrogens is 4. The van der Waals surface area contributed by atoms with Crippen molar-refractivity contribution in [1.82, 2.24) is 24.6 Å². The van der Waals surface area contributed by atoms with Gasteiger partial charge in [-0.15, -0.1) is 0 Å². The number of carbonyl (C=O) groups excluding carboxylic acids is 2. The molecule has 1 aliphatic heterocycles. The highest BCUT2D eigenvalue weighted by molar-refractivity contribution is 7.22. The van der Waals surface area contributed by atoms with Crippen LogP contribution in [-0.4, -0.2) is 99.1 Å². The van der Waals surface area contributed by atoms with Crippen molar-refractivity contribution in [3.05, 3.63) is 88.9 Å². The summed E-state index contributed by atoms with van der Waals surface area (Å²) in [4.78, 5) is 52.0. The van der Waals surface area contributed by atoms with Crippen molar-refractivity contribution < 1.29 is 29.0 Å². The van der Waals surface area contributed by atoms with E-state index in [2.05, 4.69) is 33.7 Å². The van der Waals surface area contributed by atoms with Crippen LogP contribution in [0.3, 0.4) is 0 Å². The Bertz CT molecular complexity index is 2530. The van der Waals surface area contributed by atoms with Gasteiger partial charge in [-0.3, -0.25) is 19.6 Å². The number of hydrogen-bond donors (Lipinski definition) is 3.